The molecule has 0 aromatic carbocycles. The molecule has 0 aliphatic heterocycles. The van der Waals surface area contributed by atoms with Crippen molar-refractivity contribution in [2.45, 2.75) is 59.0 Å². The standard InChI is InChI=1S/C14H25N3/c1-3-8-15-9-14-10-16-17(12(14)2)11-13-6-4-5-7-13/h10,13,15H,3-9,11H2,1-2H3. The first-order chi connectivity index (χ1) is 8.31. The van der Waals surface area contributed by atoms with Crippen LogP contribution in [0.2, 0.25) is 0 Å². The van der Waals surface area contributed by atoms with Crippen molar-refractivity contribution in [3.05, 3.63) is 17.5 Å². The lowest BCUT2D eigenvalue weighted by Gasteiger charge is -2.11. The van der Waals surface area contributed by atoms with Crippen molar-refractivity contribution < 1.29 is 0 Å². The highest BCUT2D eigenvalue weighted by molar-refractivity contribution is 5.15. The Kier molecular flexibility index (Phi) is 4.60. The molecule has 17 heavy (non-hydrogen) atoms. The zero-order valence-corrected chi connectivity index (χ0v) is 11.2. The zero-order valence-electron chi connectivity index (χ0n) is 11.2. The molecule has 0 saturated heterocycles. The van der Waals surface area contributed by atoms with Crippen LogP contribution in [0.15, 0.2) is 6.20 Å². The van der Waals surface area contributed by atoms with E-state index < -0.39 is 0 Å². The Hall–Kier alpha value is -0.830. The van der Waals surface area contributed by atoms with Crippen LogP contribution in [0.25, 0.3) is 0 Å². The largest absolute Gasteiger partial charge is 0.313 e. The van der Waals surface area contributed by atoms with Crippen molar-refractivity contribution in [1.29, 1.82) is 0 Å². The molecule has 0 amide bonds. The molecule has 1 aromatic heterocycles. The van der Waals surface area contributed by atoms with E-state index in [0.29, 0.717) is 0 Å². The number of nitrogens with one attached hydrogen (secondary N) is 1. The Morgan fingerprint density at radius 3 is 2.88 bits per heavy atom. The average Bonchev–Trinajstić information content (AvgIpc) is 2.94. The number of nitrogens with zero attached hydrogens (tertiary/aromatic N) is 2. The Labute approximate surface area is 105 Å². The van der Waals surface area contributed by atoms with E-state index in [2.05, 4.69) is 28.9 Å². The maximum absolute atomic E-state index is 4.53. The van der Waals surface area contributed by atoms with E-state index in [4.69, 9.17) is 0 Å². The summed E-state index contributed by atoms with van der Waals surface area (Å²) in [6.07, 6.45) is 8.83. The van der Waals surface area contributed by atoms with Gasteiger partial charge in [-0.2, -0.15) is 5.10 Å². The highest BCUT2D eigenvalue weighted by Gasteiger charge is 2.17. The summed E-state index contributed by atoms with van der Waals surface area (Å²) in [5, 5.41) is 7.98. The fraction of sp³-hybridized carbons (Fsp3) is 0.786. The van der Waals surface area contributed by atoms with Crippen LogP contribution >= 0.6 is 0 Å². The fourth-order valence-corrected chi connectivity index (χ4v) is 2.68. The summed E-state index contributed by atoms with van der Waals surface area (Å²) >= 11 is 0. The minimum atomic E-state index is 0.866. The van der Waals surface area contributed by atoms with E-state index in [0.717, 1.165) is 25.6 Å². The molecule has 1 heterocycles. The Balaban J connectivity index is 1.89. The lowest BCUT2D eigenvalue weighted by Crippen LogP contribution is -2.15. The monoisotopic (exact) mass is 235 g/mol. The highest BCUT2D eigenvalue weighted by atomic mass is 15.3. The van der Waals surface area contributed by atoms with Crippen LogP contribution in [-0.2, 0) is 13.1 Å². The first kappa shape index (κ1) is 12.6. The van der Waals surface area contributed by atoms with Gasteiger partial charge in [-0.05, 0) is 38.6 Å². The summed E-state index contributed by atoms with van der Waals surface area (Å²) in [5.41, 5.74) is 2.71. The first-order valence-corrected chi connectivity index (χ1v) is 7.03. The molecule has 1 aliphatic rings. The van der Waals surface area contributed by atoms with Crippen LogP contribution in [0.4, 0.5) is 0 Å². The molecule has 3 heteroatoms. The Morgan fingerprint density at radius 1 is 1.41 bits per heavy atom. The molecule has 0 unspecified atom stereocenters. The minimum Gasteiger partial charge on any atom is -0.313 e. The molecular formula is C14H25N3. The molecule has 1 fully saturated rings. The summed E-state index contributed by atoms with van der Waals surface area (Å²) < 4.78 is 2.21. The van der Waals surface area contributed by atoms with Gasteiger partial charge >= 0.3 is 0 Å². The molecule has 1 saturated carbocycles. The van der Waals surface area contributed by atoms with E-state index in [1.165, 1.54) is 43.4 Å². The van der Waals surface area contributed by atoms with Gasteiger partial charge in [-0.15, -0.1) is 0 Å². The third-order valence-corrected chi connectivity index (χ3v) is 3.85. The second-order valence-electron chi connectivity index (χ2n) is 5.26. The van der Waals surface area contributed by atoms with Gasteiger partial charge in [0.1, 0.15) is 0 Å². The molecular weight excluding hydrogens is 210 g/mol. The van der Waals surface area contributed by atoms with Crippen molar-refractivity contribution in [3.8, 4) is 0 Å². The van der Waals surface area contributed by atoms with Gasteiger partial charge in [0.15, 0.2) is 0 Å². The molecule has 0 radical (unpaired) electrons. The lowest BCUT2D eigenvalue weighted by atomic mass is 10.1. The lowest BCUT2D eigenvalue weighted by molar-refractivity contribution is 0.422. The molecule has 0 spiro atoms. The predicted molar refractivity (Wildman–Crippen MR) is 70.9 cm³/mol. The molecule has 1 N–H and O–H groups in total. The van der Waals surface area contributed by atoms with Gasteiger partial charge in [0, 0.05) is 24.3 Å². The number of rotatable bonds is 6. The van der Waals surface area contributed by atoms with Crippen LogP contribution in [0.5, 0.6) is 0 Å². The molecule has 0 bridgehead atoms. The van der Waals surface area contributed by atoms with E-state index in [1.54, 1.807) is 0 Å². The smallest absolute Gasteiger partial charge is 0.0537 e. The fourth-order valence-electron chi connectivity index (χ4n) is 2.68. The van der Waals surface area contributed by atoms with E-state index in [9.17, 15) is 0 Å². The third kappa shape index (κ3) is 3.32. The van der Waals surface area contributed by atoms with Crippen LogP contribution in [0.1, 0.15) is 50.3 Å². The van der Waals surface area contributed by atoms with Gasteiger partial charge in [0.05, 0.1) is 6.20 Å². The van der Waals surface area contributed by atoms with Crippen LogP contribution in [0, 0.1) is 12.8 Å². The maximum atomic E-state index is 4.53. The van der Waals surface area contributed by atoms with E-state index in [1.807, 2.05) is 6.20 Å². The molecule has 3 nitrogen and oxygen atoms in total. The minimum absolute atomic E-state index is 0.866. The third-order valence-electron chi connectivity index (χ3n) is 3.85. The summed E-state index contributed by atoms with van der Waals surface area (Å²) in [6.45, 7) is 7.57. The molecule has 2 rings (SSSR count). The summed E-state index contributed by atoms with van der Waals surface area (Å²) in [4.78, 5) is 0. The van der Waals surface area contributed by atoms with Crippen LogP contribution < -0.4 is 5.32 Å². The van der Waals surface area contributed by atoms with Crippen molar-refractivity contribution >= 4 is 0 Å². The number of hydrogen-bond donors (Lipinski definition) is 1. The second-order valence-corrected chi connectivity index (χ2v) is 5.26. The van der Waals surface area contributed by atoms with Gasteiger partial charge in [0.25, 0.3) is 0 Å². The molecule has 1 aromatic rings. The van der Waals surface area contributed by atoms with Crippen molar-refractivity contribution in [2.75, 3.05) is 6.54 Å². The first-order valence-electron chi connectivity index (χ1n) is 7.03. The van der Waals surface area contributed by atoms with Gasteiger partial charge in [0.2, 0.25) is 0 Å². The molecule has 96 valence electrons. The number of hydrogen-bond acceptors (Lipinski definition) is 2. The van der Waals surface area contributed by atoms with Crippen molar-refractivity contribution in [1.82, 2.24) is 15.1 Å². The topological polar surface area (TPSA) is 29.9 Å². The Morgan fingerprint density at radius 2 is 2.18 bits per heavy atom. The molecule has 0 atom stereocenters. The zero-order chi connectivity index (χ0) is 12.1. The van der Waals surface area contributed by atoms with Crippen molar-refractivity contribution in [2.24, 2.45) is 5.92 Å². The van der Waals surface area contributed by atoms with Crippen LogP contribution in [0.3, 0.4) is 0 Å². The van der Waals surface area contributed by atoms with E-state index >= 15 is 0 Å². The quantitative estimate of drug-likeness (QED) is 0.768. The average molecular weight is 235 g/mol. The van der Waals surface area contributed by atoms with Gasteiger partial charge < -0.3 is 5.32 Å². The van der Waals surface area contributed by atoms with Gasteiger partial charge in [-0.3, -0.25) is 4.68 Å². The SMILES string of the molecule is CCCNCc1cnn(CC2CCCC2)c1C. The van der Waals surface area contributed by atoms with Crippen molar-refractivity contribution in [3.63, 3.8) is 0 Å². The van der Waals surface area contributed by atoms with E-state index in [-0.39, 0.29) is 0 Å². The normalized spacial score (nSPS) is 16.8. The van der Waals surface area contributed by atoms with Gasteiger partial charge in [-0.25, -0.2) is 0 Å². The maximum Gasteiger partial charge on any atom is 0.0537 e. The summed E-state index contributed by atoms with van der Waals surface area (Å²) in [7, 11) is 0. The van der Waals surface area contributed by atoms with Gasteiger partial charge in [-0.1, -0.05) is 19.8 Å². The summed E-state index contributed by atoms with van der Waals surface area (Å²) in [6, 6.07) is 0. The predicted octanol–water partition coefficient (Wildman–Crippen LogP) is 2.88. The Bertz CT molecular complexity index is 337. The van der Waals surface area contributed by atoms with Crippen LogP contribution in [-0.4, -0.2) is 16.3 Å². The summed E-state index contributed by atoms with van der Waals surface area (Å²) in [5.74, 6) is 0.866. The molecule has 1 aliphatic carbocycles. The number of aromatic nitrogens is 2. The second kappa shape index (κ2) is 6.20. The highest BCUT2D eigenvalue weighted by Crippen LogP contribution is 2.26.